The third kappa shape index (κ3) is 2.67. The van der Waals surface area contributed by atoms with Crippen molar-refractivity contribution in [2.45, 2.75) is 56.0 Å². The fourth-order valence-electron chi connectivity index (χ4n) is 5.62. The van der Waals surface area contributed by atoms with E-state index in [1.54, 1.807) is 12.1 Å². The second-order valence-electron chi connectivity index (χ2n) is 8.82. The van der Waals surface area contributed by atoms with Crippen molar-refractivity contribution in [3.8, 4) is 0 Å². The molecule has 4 unspecified atom stereocenters. The first-order valence-corrected chi connectivity index (χ1v) is 11.9. The molecule has 2 amide bonds. The van der Waals surface area contributed by atoms with Crippen LogP contribution in [0.2, 0.25) is 0 Å². The van der Waals surface area contributed by atoms with Gasteiger partial charge in [-0.3, -0.25) is 9.69 Å². The standard InChI is InChI=1S/C21H26FN3O4S/c1-3-4-18(26)23-9-14-10-24(20(27)29-14)13-5-6-16(15(22)7-13)25-17-11-30(28)21(17)8-12(2)19(21)25/h5-7,12,14,17,19H,3-4,8-11H2,1-2H3,(H,23,26)/t12-,14+,17?,19?,21?,30?/m1/s1. The van der Waals surface area contributed by atoms with Crippen LogP contribution in [0.1, 0.15) is 33.1 Å². The predicted octanol–water partition coefficient (Wildman–Crippen LogP) is 2.17. The Morgan fingerprint density at radius 3 is 2.93 bits per heavy atom. The van der Waals surface area contributed by atoms with Gasteiger partial charge in [0.15, 0.2) is 4.75 Å². The lowest BCUT2D eigenvalue weighted by Crippen LogP contribution is -2.95. The molecule has 1 aliphatic carbocycles. The lowest BCUT2D eigenvalue weighted by Gasteiger charge is -2.76. The number of piperidine rings is 1. The maximum Gasteiger partial charge on any atom is 0.414 e. The molecule has 0 bridgehead atoms. The molecular weight excluding hydrogens is 409 g/mol. The molecule has 3 aliphatic heterocycles. The Bertz CT molecular complexity index is 901. The molecule has 4 aliphatic rings. The van der Waals surface area contributed by atoms with Gasteiger partial charge in [0.2, 0.25) is 5.91 Å². The Hall–Kier alpha value is -2.00. The molecule has 0 radical (unpaired) electrons. The molecule has 1 spiro atoms. The van der Waals surface area contributed by atoms with Gasteiger partial charge in [-0.2, -0.15) is 0 Å². The van der Waals surface area contributed by atoms with Gasteiger partial charge in [-0.15, -0.1) is 0 Å². The number of ether oxygens (including phenoxy) is 1. The van der Waals surface area contributed by atoms with Crippen molar-refractivity contribution < 1.29 is 23.3 Å². The van der Waals surface area contributed by atoms with E-state index in [-0.39, 0.29) is 41.6 Å². The molecule has 7 nitrogen and oxygen atoms in total. The van der Waals surface area contributed by atoms with Crippen LogP contribution in [0, 0.1) is 11.7 Å². The largest absolute Gasteiger partial charge is 0.616 e. The molecule has 30 heavy (non-hydrogen) atoms. The first-order chi connectivity index (χ1) is 14.4. The molecule has 5 rings (SSSR count). The van der Waals surface area contributed by atoms with E-state index in [9.17, 15) is 14.1 Å². The molecule has 162 valence electrons. The van der Waals surface area contributed by atoms with Gasteiger partial charge in [-0.1, -0.05) is 13.8 Å². The monoisotopic (exact) mass is 435 g/mol. The van der Waals surface area contributed by atoms with E-state index in [0.717, 1.165) is 12.8 Å². The molecule has 1 N–H and O–H groups in total. The number of rotatable bonds is 6. The summed E-state index contributed by atoms with van der Waals surface area (Å²) in [6.07, 6.45) is 1.15. The summed E-state index contributed by atoms with van der Waals surface area (Å²) in [7, 11) is 0. The minimum Gasteiger partial charge on any atom is -0.616 e. The average molecular weight is 436 g/mol. The van der Waals surface area contributed by atoms with Crippen LogP contribution in [0.25, 0.3) is 0 Å². The molecule has 0 aromatic heterocycles. The molecule has 1 aromatic rings. The normalized spacial score (nSPS) is 36.1. The summed E-state index contributed by atoms with van der Waals surface area (Å²) in [5, 5.41) is 2.76. The van der Waals surface area contributed by atoms with Crippen molar-refractivity contribution in [2.24, 2.45) is 5.92 Å². The highest BCUT2D eigenvalue weighted by atomic mass is 32.2. The van der Waals surface area contributed by atoms with E-state index in [4.69, 9.17) is 4.74 Å². The summed E-state index contributed by atoms with van der Waals surface area (Å²) >= 11 is -0.796. The number of halogens is 1. The number of amides is 2. The molecule has 6 atom stereocenters. The SMILES string of the molecule is CCCC(=O)NC[C@H]1CN(c2ccc(N3C4C[S+]([O-])C45C[C@@H](C)C35)c(F)c2)C(=O)O1. The topological polar surface area (TPSA) is 84.9 Å². The van der Waals surface area contributed by atoms with Gasteiger partial charge in [0, 0.05) is 12.8 Å². The Morgan fingerprint density at radius 1 is 1.47 bits per heavy atom. The van der Waals surface area contributed by atoms with Crippen LogP contribution in [0.3, 0.4) is 0 Å². The number of carbonyl (C=O) groups is 2. The molecule has 4 fully saturated rings. The number of anilines is 2. The Labute approximate surface area is 178 Å². The molecule has 9 heteroatoms. The van der Waals surface area contributed by atoms with E-state index in [2.05, 4.69) is 17.1 Å². The van der Waals surface area contributed by atoms with Gasteiger partial charge in [-0.05, 0) is 41.7 Å². The van der Waals surface area contributed by atoms with Gasteiger partial charge >= 0.3 is 6.09 Å². The average Bonchev–Trinajstić information content (AvgIpc) is 3.07. The van der Waals surface area contributed by atoms with Crippen LogP contribution in [-0.2, 0) is 20.7 Å². The number of hydrogen-bond acceptors (Lipinski definition) is 5. The smallest absolute Gasteiger partial charge is 0.414 e. The van der Waals surface area contributed by atoms with E-state index >= 15 is 4.39 Å². The number of cyclic esters (lactones) is 1. The third-order valence-corrected chi connectivity index (χ3v) is 9.16. The summed E-state index contributed by atoms with van der Waals surface area (Å²) in [6.45, 7) is 4.56. The maximum atomic E-state index is 15.1. The van der Waals surface area contributed by atoms with Gasteiger partial charge in [-0.25, -0.2) is 9.18 Å². The zero-order valence-corrected chi connectivity index (χ0v) is 17.9. The van der Waals surface area contributed by atoms with Gasteiger partial charge in [0.25, 0.3) is 0 Å². The van der Waals surface area contributed by atoms with Crippen LogP contribution in [0.15, 0.2) is 18.2 Å². The van der Waals surface area contributed by atoms with E-state index in [1.165, 1.54) is 11.0 Å². The summed E-state index contributed by atoms with van der Waals surface area (Å²) in [4.78, 5) is 27.4. The lowest BCUT2D eigenvalue weighted by atomic mass is 9.57. The van der Waals surface area contributed by atoms with Crippen molar-refractivity contribution in [2.75, 3.05) is 28.6 Å². The van der Waals surface area contributed by atoms with E-state index in [0.29, 0.717) is 29.5 Å². The fraction of sp³-hybridized carbons (Fsp3) is 0.619. The number of benzene rings is 1. The van der Waals surface area contributed by atoms with E-state index < -0.39 is 23.4 Å². The second kappa shape index (κ2) is 7.02. The molecule has 1 aromatic carbocycles. The quantitative estimate of drug-likeness (QED) is 0.693. The molecule has 3 saturated heterocycles. The fourth-order valence-corrected chi connectivity index (χ4v) is 7.94. The highest BCUT2D eigenvalue weighted by Crippen LogP contribution is 2.65. The Kier molecular flexibility index (Phi) is 4.66. The van der Waals surface area contributed by atoms with Crippen LogP contribution in [-0.4, -0.2) is 58.3 Å². The second-order valence-corrected chi connectivity index (χ2v) is 10.6. The van der Waals surface area contributed by atoms with Crippen LogP contribution >= 0.6 is 0 Å². The number of nitrogens with one attached hydrogen (secondary N) is 1. The summed E-state index contributed by atoms with van der Waals surface area (Å²) in [6, 6.07) is 5.12. The van der Waals surface area contributed by atoms with Gasteiger partial charge in [0.05, 0.1) is 30.5 Å². The zero-order chi connectivity index (χ0) is 21.2. The summed E-state index contributed by atoms with van der Waals surface area (Å²) in [5.74, 6) is 0.552. The van der Waals surface area contributed by atoms with Crippen LogP contribution < -0.4 is 15.1 Å². The van der Waals surface area contributed by atoms with Crippen molar-refractivity contribution >= 4 is 34.6 Å². The predicted molar refractivity (Wildman–Crippen MR) is 112 cm³/mol. The van der Waals surface area contributed by atoms with Crippen molar-refractivity contribution in [1.29, 1.82) is 0 Å². The summed E-state index contributed by atoms with van der Waals surface area (Å²) in [5.41, 5.74) is 0.956. The highest BCUT2D eigenvalue weighted by molar-refractivity contribution is 7.94. The minimum atomic E-state index is -0.796. The Balaban J connectivity index is 1.27. The van der Waals surface area contributed by atoms with Crippen molar-refractivity contribution in [3.63, 3.8) is 0 Å². The third-order valence-electron chi connectivity index (χ3n) is 7.01. The van der Waals surface area contributed by atoms with Gasteiger partial charge < -0.3 is 19.5 Å². The molecule has 3 heterocycles. The van der Waals surface area contributed by atoms with Crippen molar-refractivity contribution in [1.82, 2.24) is 5.32 Å². The number of carbonyl (C=O) groups excluding carboxylic acids is 2. The number of hydrogen-bond donors (Lipinski definition) is 1. The first-order valence-electron chi connectivity index (χ1n) is 10.6. The van der Waals surface area contributed by atoms with Crippen molar-refractivity contribution in [3.05, 3.63) is 24.0 Å². The van der Waals surface area contributed by atoms with E-state index in [1.807, 2.05) is 6.92 Å². The lowest BCUT2D eigenvalue weighted by molar-refractivity contribution is -0.121. The molecule has 1 saturated carbocycles. The minimum absolute atomic E-state index is 0.0739. The highest BCUT2D eigenvalue weighted by Gasteiger charge is 2.83. The Morgan fingerprint density at radius 2 is 2.27 bits per heavy atom. The zero-order valence-electron chi connectivity index (χ0n) is 17.1. The van der Waals surface area contributed by atoms with Gasteiger partial charge in [0.1, 0.15) is 23.7 Å². The maximum absolute atomic E-state index is 15.1. The molecular formula is C21H26FN3O4S. The summed E-state index contributed by atoms with van der Waals surface area (Å²) < 4.78 is 32.5. The van der Waals surface area contributed by atoms with Crippen LogP contribution in [0.5, 0.6) is 0 Å². The first kappa shape index (κ1) is 19.9. The number of nitrogens with zero attached hydrogens (tertiary/aromatic N) is 2. The van der Waals surface area contributed by atoms with Crippen LogP contribution in [0.4, 0.5) is 20.6 Å².